The number of hydrogen-bond donors (Lipinski definition) is 2. The average molecular weight is 348 g/mol. The molecular formula is C12H10ClNO5S2. The van der Waals surface area contributed by atoms with Gasteiger partial charge >= 0.3 is 5.97 Å². The third kappa shape index (κ3) is 3.46. The Labute approximate surface area is 130 Å². The standard InChI is InChI=1S/C12H10ClNO5S2/c1-19-9-6-7(2-3-8(9)12(15)16)14-21(17,18)11-5-4-10(13)20-11/h2-6,14H,1H3,(H,15,16). The van der Waals surface area contributed by atoms with Crippen LogP contribution in [0.25, 0.3) is 0 Å². The Morgan fingerprint density at radius 2 is 2.05 bits per heavy atom. The second kappa shape index (κ2) is 5.92. The van der Waals surface area contributed by atoms with Crippen molar-refractivity contribution >= 4 is 44.6 Å². The molecule has 0 atom stereocenters. The van der Waals surface area contributed by atoms with Gasteiger partial charge in [-0.15, -0.1) is 11.3 Å². The zero-order valence-electron chi connectivity index (χ0n) is 10.7. The lowest BCUT2D eigenvalue weighted by molar-refractivity contribution is 0.0693. The van der Waals surface area contributed by atoms with E-state index in [9.17, 15) is 13.2 Å². The van der Waals surface area contributed by atoms with Gasteiger partial charge < -0.3 is 9.84 Å². The van der Waals surface area contributed by atoms with E-state index >= 15 is 0 Å². The van der Waals surface area contributed by atoms with Gasteiger partial charge in [0.05, 0.1) is 17.1 Å². The molecule has 1 aromatic heterocycles. The zero-order valence-corrected chi connectivity index (χ0v) is 13.1. The van der Waals surface area contributed by atoms with Crippen molar-refractivity contribution in [2.75, 3.05) is 11.8 Å². The molecule has 0 aliphatic rings. The molecule has 0 unspecified atom stereocenters. The maximum absolute atomic E-state index is 12.1. The van der Waals surface area contributed by atoms with Crippen LogP contribution in [0.2, 0.25) is 4.34 Å². The predicted molar refractivity (Wildman–Crippen MR) is 80.1 cm³/mol. The Kier molecular flexibility index (Phi) is 4.40. The molecule has 21 heavy (non-hydrogen) atoms. The minimum Gasteiger partial charge on any atom is -0.496 e. The van der Waals surface area contributed by atoms with Gasteiger partial charge in [0, 0.05) is 6.07 Å². The summed E-state index contributed by atoms with van der Waals surface area (Å²) in [6.07, 6.45) is 0. The van der Waals surface area contributed by atoms with Crippen LogP contribution >= 0.6 is 22.9 Å². The molecule has 1 aromatic carbocycles. The number of ether oxygens (including phenoxy) is 1. The van der Waals surface area contributed by atoms with E-state index in [0.29, 0.717) is 4.34 Å². The first-order chi connectivity index (χ1) is 9.83. The van der Waals surface area contributed by atoms with Crippen LogP contribution < -0.4 is 9.46 Å². The molecule has 0 radical (unpaired) electrons. The number of halogens is 1. The van der Waals surface area contributed by atoms with Gasteiger partial charge in [-0.05, 0) is 24.3 Å². The number of thiophene rings is 1. The Hall–Kier alpha value is -1.77. The molecule has 0 spiro atoms. The van der Waals surface area contributed by atoms with E-state index in [1.54, 1.807) is 0 Å². The molecule has 0 aliphatic heterocycles. The molecule has 1 heterocycles. The molecule has 0 fully saturated rings. The highest BCUT2D eigenvalue weighted by Crippen LogP contribution is 2.29. The SMILES string of the molecule is COc1cc(NS(=O)(=O)c2ccc(Cl)s2)ccc1C(=O)O. The number of benzene rings is 1. The van der Waals surface area contributed by atoms with Crippen molar-refractivity contribution in [2.45, 2.75) is 4.21 Å². The molecule has 2 rings (SSSR count). The van der Waals surface area contributed by atoms with E-state index in [1.807, 2.05) is 0 Å². The lowest BCUT2D eigenvalue weighted by atomic mass is 10.2. The van der Waals surface area contributed by atoms with Crippen LogP contribution in [0, 0.1) is 0 Å². The maximum atomic E-state index is 12.1. The molecule has 6 nitrogen and oxygen atoms in total. The second-order valence-corrected chi connectivity index (χ2v) is 7.51. The molecule has 2 N–H and O–H groups in total. The van der Waals surface area contributed by atoms with Crippen LogP contribution in [0.1, 0.15) is 10.4 Å². The van der Waals surface area contributed by atoms with E-state index in [0.717, 1.165) is 11.3 Å². The molecule has 0 amide bonds. The number of anilines is 1. The van der Waals surface area contributed by atoms with Gasteiger partial charge in [0.2, 0.25) is 0 Å². The highest BCUT2D eigenvalue weighted by Gasteiger charge is 2.18. The minimum absolute atomic E-state index is 0.0559. The number of carbonyl (C=O) groups is 1. The fourth-order valence-corrected chi connectivity index (χ4v) is 4.11. The third-order valence-corrected chi connectivity index (χ3v) is 5.60. The summed E-state index contributed by atoms with van der Waals surface area (Å²) in [5, 5.41) is 8.97. The van der Waals surface area contributed by atoms with Crippen LogP contribution in [-0.4, -0.2) is 26.6 Å². The van der Waals surface area contributed by atoms with Crippen molar-refractivity contribution in [3.63, 3.8) is 0 Å². The largest absolute Gasteiger partial charge is 0.496 e. The fourth-order valence-electron chi connectivity index (χ4n) is 1.58. The predicted octanol–water partition coefficient (Wildman–Crippen LogP) is 2.91. The first kappa shape index (κ1) is 15.6. The van der Waals surface area contributed by atoms with E-state index in [2.05, 4.69) is 4.72 Å². The lowest BCUT2D eigenvalue weighted by Gasteiger charge is -2.09. The number of carboxylic acids is 1. The highest BCUT2D eigenvalue weighted by molar-refractivity contribution is 7.94. The van der Waals surface area contributed by atoms with Gasteiger partial charge in [0.1, 0.15) is 15.5 Å². The summed E-state index contributed by atoms with van der Waals surface area (Å²) in [4.78, 5) is 11.0. The van der Waals surface area contributed by atoms with E-state index in [1.165, 1.54) is 37.4 Å². The molecule has 9 heteroatoms. The number of hydrogen-bond acceptors (Lipinski definition) is 5. The van der Waals surface area contributed by atoms with Crippen molar-refractivity contribution < 1.29 is 23.1 Å². The number of rotatable bonds is 5. The molecule has 0 bridgehead atoms. The molecule has 0 saturated carbocycles. The minimum atomic E-state index is -3.77. The smallest absolute Gasteiger partial charge is 0.339 e. The molecule has 0 aliphatic carbocycles. The maximum Gasteiger partial charge on any atom is 0.339 e. The summed E-state index contributed by atoms with van der Waals surface area (Å²) in [6.45, 7) is 0. The molecular weight excluding hydrogens is 338 g/mol. The van der Waals surface area contributed by atoms with Crippen LogP contribution in [0.5, 0.6) is 5.75 Å². The monoisotopic (exact) mass is 347 g/mol. The molecule has 0 saturated heterocycles. The van der Waals surface area contributed by atoms with E-state index in [-0.39, 0.29) is 21.2 Å². The molecule has 2 aromatic rings. The van der Waals surface area contributed by atoms with Crippen LogP contribution in [0.15, 0.2) is 34.5 Å². The summed E-state index contributed by atoms with van der Waals surface area (Å²) in [5.41, 5.74) is 0.140. The quantitative estimate of drug-likeness (QED) is 0.867. The van der Waals surface area contributed by atoms with Crippen LogP contribution in [-0.2, 0) is 10.0 Å². The zero-order chi connectivity index (χ0) is 15.6. The summed E-state index contributed by atoms with van der Waals surface area (Å²) >= 11 is 6.64. The van der Waals surface area contributed by atoms with Crippen molar-refractivity contribution in [3.8, 4) is 5.75 Å². The van der Waals surface area contributed by atoms with Crippen LogP contribution in [0.4, 0.5) is 5.69 Å². The van der Waals surface area contributed by atoms with Crippen LogP contribution in [0.3, 0.4) is 0 Å². The van der Waals surface area contributed by atoms with Gasteiger partial charge in [-0.3, -0.25) is 4.72 Å². The number of aromatic carboxylic acids is 1. The number of nitrogens with one attached hydrogen (secondary N) is 1. The first-order valence-electron chi connectivity index (χ1n) is 5.53. The van der Waals surface area contributed by atoms with Crippen molar-refractivity contribution in [1.29, 1.82) is 0 Å². The van der Waals surface area contributed by atoms with Crippen molar-refractivity contribution in [2.24, 2.45) is 0 Å². The van der Waals surface area contributed by atoms with Gasteiger partial charge in [-0.1, -0.05) is 11.6 Å². The topological polar surface area (TPSA) is 92.7 Å². The van der Waals surface area contributed by atoms with Gasteiger partial charge in [-0.2, -0.15) is 0 Å². The second-order valence-electron chi connectivity index (χ2n) is 3.88. The van der Waals surface area contributed by atoms with E-state index in [4.69, 9.17) is 21.4 Å². The summed E-state index contributed by atoms with van der Waals surface area (Å²) in [5.74, 6) is -1.10. The summed E-state index contributed by atoms with van der Waals surface area (Å²) < 4.78 is 31.9. The van der Waals surface area contributed by atoms with Gasteiger partial charge in [0.15, 0.2) is 0 Å². The van der Waals surface area contributed by atoms with E-state index < -0.39 is 16.0 Å². The number of sulfonamides is 1. The normalized spacial score (nSPS) is 11.1. The highest BCUT2D eigenvalue weighted by atomic mass is 35.5. The first-order valence-corrected chi connectivity index (χ1v) is 8.21. The Balaban J connectivity index is 2.34. The third-order valence-electron chi connectivity index (χ3n) is 2.50. The number of carboxylic acid groups (broad SMARTS) is 1. The average Bonchev–Trinajstić information content (AvgIpc) is 2.85. The Bertz CT molecular complexity index is 785. The van der Waals surface area contributed by atoms with Gasteiger partial charge in [0.25, 0.3) is 10.0 Å². The number of methoxy groups -OCH3 is 1. The fraction of sp³-hybridized carbons (Fsp3) is 0.0833. The Morgan fingerprint density at radius 3 is 2.57 bits per heavy atom. The Morgan fingerprint density at radius 1 is 1.33 bits per heavy atom. The van der Waals surface area contributed by atoms with Crippen molar-refractivity contribution in [3.05, 3.63) is 40.2 Å². The van der Waals surface area contributed by atoms with Gasteiger partial charge in [-0.25, -0.2) is 13.2 Å². The summed E-state index contributed by atoms with van der Waals surface area (Å²) in [7, 11) is -2.46. The summed E-state index contributed by atoms with van der Waals surface area (Å²) in [6, 6.07) is 6.78. The van der Waals surface area contributed by atoms with Crippen molar-refractivity contribution in [1.82, 2.24) is 0 Å². The molecule has 112 valence electrons. The lowest BCUT2D eigenvalue weighted by Crippen LogP contribution is -2.12.